The van der Waals surface area contributed by atoms with Crippen LogP contribution in [-0.4, -0.2) is 37.4 Å². The Labute approximate surface area is 112 Å². The van der Waals surface area contributed by atoms with Crippen molar-refractivity contribution in [3.8, 4) is 5.75 Å². The molecular weight excluding hydrogens is 252 g/mol. The number of hydrogen-bond donors (Lipinski definition) is 1. The van der Waals surface area contributed by atoms with E-state index in [0.717, 1.165) is 23.4 Å². The van der Waals surface area contributed by atoms with Gasteiger partial charge in [0.2, 0.25) is 0 Å². The molecule has 0 spiro atoms. The average Bonchev–Trinajstić information content (AvgIpc) is 2.34. The van der Waals surface area contributed by atoms with Gasteiger partial charge in [-0.3, -0.25) is 4.79 Å². The number of fused-ring (bicyclic) bond motifs is 1. The van der Waals surface area contributed by atoms with Gasteiger partial charge in [0.05, 0.1) is 5.69 Å². The summed E-state index contributed by atoms with van der Waals surface area (Å²) in [5, 5.41) is 2.82. The second-order valence-corrected chi connectivity index (χ2v) is 4.93. The van der Waals surface area contributed by atoms with E-state index in [1.165, 1.54) is 0 Å². The van der Waals surface area contributed by atoms with E-state index in [-0.39, 0.29) is 18.6 Å². The zero-order valence-electron chi connectivity index (χ0n) is 10.6. The molecule has 0 saturated heterocycles. The van der Waals surface area contributed by atoms with E-state index >= 15 is 0 Å². The van der Waals surface area contributed by atoms with E-state index in [4.69, 9.17) is 16.3 Å². The van der Waals surface area contributed by atoms with Crippen LogP contribution in [-0.2, 0) is 4.79 Å². The third-order valence-corrected chi connectivity index (χ3v) is 3.25. The molecule has 0 aliphatic carbocycles. The molecule has 1 aliphatic heterocycles. The van der Waals surface area contributed by atoms with Crippen LogP contribution < -0.4 is 10.1 Å². The lowest BCUT2D eigenvalue weighted by Crippen LogP contribution is -2.26. The summed E-state index contributed by atoms with van der Waals surface area (Å²) in [7, 11) is 4.04. The van der Waals surface area contributed by atoms with E-state index in [0.29, 0.717) is 5.88 Å². The number of benzene rings is 1. The Kier molecular flexibility index (Phi) is 4.09. The van der Waals surface area contributed by atoms with Crippen LogP contribution in [0.5, 0.6) is 5.75 Å². The quantitative estimate of drug-likeness (QED) is 0.852. The van der Waals surface area contributed by atoms with Crippen LogP contribution in [0.3, 0.4) is 0 Å². The predicted molar refractivity (Wildman–Crippen MR) is 72.3 cm³/mol. The summed E-state index contributed by atoms with van der Waals surface area (Å²) in [5.74, 6) is 1.21. The summed E-state index contributed by atoms with van der Waals surface area (Å²) in [4.78, 5) is 13.4. The van der Waals surface area contributed by atoms with Crippen molar-refractivity contribution in [3.05, 3.63) is 23.8 Å². The molecule has 0 bridgehead atoms. The molecule has 1 aromatic carbocycles. The number of rotatable bonds is 4. The van der Waals surface area contributed by atoms with Crippen LogP contribution in [0.15, 0.2) is 18.2 Å². The molecule has 1 atom stereocenters. The first-order valence-corrected chi connectivity index (χ1v) is 6.44. The van der Waals surface area contributed by atoms with Gasteiger partial charge < -0.3 is 15.0 Å². The number of nitrogens with one attached hydrogen (secondary N) is 1. The molecule has 0 saturated carbocycles. The number of amides is 1. The molecule has 1 N–H and O–H groups in total. The van der Waals surface area contributed by atoms with E-state index < -0.39 is 0 Å². The lowest BCUT2D eigenvalue weighted by molar-refractivity contribution is -0.118. The van der Waals surface area contributed by atoms with Crippen molar-refractivity contribution >= 4 is 23.2 Å². The van der Waals surface area contributed by atoms with Crippen LogP contribution in [0, 0.1) is 0 Å². The Morgan fingerprint density at radius 3 is 2.94 bits per heavy atom. The van der Waals surface area contributed by atoms with Crippen molar-refractivity contribution < 1.29 is 9.53 Å². The van der Waals surface area contributed by atoms with Gasteiger partial charge in [0.15, 0.2) is 6.61 Å². The minimum atomic E-state index is -0.113. The highest BCUT2D eigenvalue weighted by atomic mass is 35.5. The van der Waals surface area contributed by atoms with Gasteiger partial charge in [-0.15, -0.1) is 11.6 Å². The number of carbonyl (C=O) groups excluding carboxylic acids is 1. The Morgan fingerprint density at radius 1 is 1.50 bits per heavy atom. The first-order valence-electron chi connectivity index (χ1n) is 5.91. The minimum absolute atomic E-state index is 0.0884. The number of anilines is 1. The summed E-state index contributed by atoms with van der Waals surface area (Å²) in [5.41, 5.74) is 1.87. The maximum atomic E-state index is 11.3. The molecular formula is C13H17ClN2O2. The second kappa shape index (κ2) is 5.59. The Hall–Kier alpha value is -1.26. The maximum absolute atomic E-state index is 11.3. The number of ether oxygens (including phenoxy) is 1. The molecule has 1 heterocycles. The normalized spacial score (nSPS) is 15.9. The largest absolute Gasteiger partial charge is 0.482 e. The fourth-order valence-corrected chi connectivity index (χ4v) is 2.34. The molecule has 0 fully saturated rings. The monoisotopic (exact) mass is 268 g/mol. The first-order chi connectivity index (χ1) is 8.61. The van der Waals surface area contributed by atoms with Gasteiger partial charge in [-0.05, 0) is 38.2 Å². The third-order valence-electron chi connectivity index (χ3n) is 3.03. The number of carbonyl (C=O) groups is 1. The molecule has 2 rings (SSSR count). The van der Waals surface area contributed by atoms with Crippen LogP contribution in [0.1, 0.15) is 18.0 Å². The zero-order valence-corrected chi connectivity index (χ0v) is 11.3. The van der Waals surface area contributed by atoms with E-state index in [9.17, 15) is 4.79 Å². The highest BCUT2D eigenvalue weighted by Gasteiger charge is 2.19. The first kappa shape index (κ1) is 13.2. The highest BCUT2D eigenvalue weighted by Crippen LogP contribution is 2.32. The van der Waals surface area contributed by atoms with Crippen LogP contribution >= 0.6 is 11.6 Å². The van der Waals surface area contributed by atoms with Crippen molar-refractivity contribution in [1.82, 2.24) is 4.90 Å². The van der Waals surface area contributed by atoms with Crippen LogP contribution in [0.2, 0.25) is 0 Å². The Morgan fingerprint density at radius 2 is 2.28 bits per heavy atom. The summed E-state index contributed by atoms with van der Waals surface area (Å²) in [6, 6.07) is 6.12. The number of nitrogens with zero attached hydrogens (tertiary/aromatic N) is 1. The fourth-order valence-electron chi connectivity index (χ4n) is 2.13. The van der Waals surface area contributed by atoms with Gasteiger partial charge in [-0.2, -0.15) is 0 Å². The smallest absolute Gasteiger partial charge is 0.262 e. The lowest BCUT2D eigenvalue weighted by Gasteiger charge is -2.26. The number of alkyl halides is 1. The van der Waals surface area contributed by atoms with Crippen molar-refractivity contribution in [3.63, 3.8) is 0 Å². The zero-order chi connectivity index (χ0) is 13.1. The average molecular weight is 269 g/mol. The van der Waals surface area contributed by atoms with Gasteiger partial charge in [0.1, 0.15) is 5.75 Å². The summed E-state index contributed by atoms with van der Waals surface area (Å²) >= 11 is 5.84. The molecule has 0 aromatic heterocycles. The highest BCUT2D eigenvalue weighted by molar-refractivity contribution is 6.17. The Balaban J connectivity index is 2.28. The Bertz CT molecular complexity index is 449. The van der Waals surface area contributed by atoms with Crippen molar-refractivity contribution in [2.45, 2.75) is 12.5 Å². The third kappa shape index (κ3) is 2.76. The molecule has 1 unspecified atom stereocenters. The van der Waals surface area contributed by atoms with Crippen molar-refractivity contribution in [2.24, 2.45) is 0 Å². The molecule has 1 aliphatic rings. The van der Waals surface area contributed by atoms with Crippen molar-refractivity contribution in [1.29, 1.82) is 0 Å². The maximum Gasteiger partial charge on any atom is 0.262 e. The molecule has 5 heteroatoms. The lowest BCUT2D eigenvalue weighted by atomic mass is 10.0. The van der Waals surface area contributed by atoms with Gasteiger partial charge >= 0.3 is 0 Å². The number of halogens is 1. The van der Waals surface area contributed by atoms with Gasteiger partial charge in [-0.25, -0.2) is 0 Å². The topological polar surface area (TPSA) is 41.6 Å². The standard InChI is InChI=1S/C13H17ClN2O2/c1-16(2)11(5-6-14)9-3-4-12-10(7-9)15-13(17)8-18-12/h3-4,7,11H,5-6,8H2,1-2H3,(H,15,17). The summed E-state index contributed by atoms with van der Waals surface area (Å²) in [6.07, 6.45) is 0.863. The van der Waals surface area contributed by atoms with Crippen LogP contribution in [0.4, 0.5) is 5.69 Å². The van der Waals surface area contributed by atoms with Gasteiger partial charge in [0.25, 0.3) is 5.91 Å². The molecule has 1 amide bonds. The molecule has 18 heavy (non-hydrogen) atoms. The SMILES string of the molecule is CN(C)C(CCCl)c1ccc2c(c1)NC(=O)CO2. The van der Waals surface area contributed by atoms with Crippen molar-refractivity contribution in [2.75, 3.05) is 31.9 Å². The molecule has 4 nitrogen and oxygen atoms in total. The van der Waals surface area contributed by atoms with E-state index in [2.05, 4.69) is 10.2 Å². The predicted octanol–water partition coefficient (Wildman–Crippen LogP) is 2.25. The van der Waals surface area contributed by atoms with Crippen LogP contribution in [0.25, 0.3) is 0 Å². The summed E-state index contributed by atoms with van der Waals surface area (Å²) in [6.45, 7) is 0.0884. The molecule has 1 aromatic rings. The summed E-state index contributed by atoms with van der Waals surface area (Å²) < 4.78 is 5.34. The molecule has 98 valence electrons. The number of hydrogen-bond acceptors (Lipinski definition) is 3. The van der Waals surface area contributed by atoms with E-state index in [1.807, 2.05) is 32.3 Å². The second-order valence-electron chi connectivity index (χ2n) is 4.55. The fraction of sp³-hybridized carbons (Fsp3) is 0.462. The molecule has 0 radical (unpaired) electrons. The van der Waals surface area contributed by atoms with E-state index in [1.54, 1.807) is 0 Å². The van der Waals surface area contributed by atoms with Gasteiger partial charge in [0, 0.05) is 11.9 Å². The minimum Gasteiger partial charge on any atom is -0.482 e. The van der Waals surface area contributed by atoms with Gasteiger partial charge in [-0.1, -0.05) is 6.07 Å².